The molecule has 4 heteroatoms. The fourth-order valence-electron chi connectivity index (χ4n) is 0.427. The number of hydrogen-bond acceptors (Lipinski definition) is 4. The van der Waals surface area contributed by atoms with Crippen LogP contribution in [0.5, 0.6) is 0 Å². The zero-order valence-corrected chi connectivity index (χ0v) is 7.29. The average Bonchev–Trinajstić information content (AvgIpc) is 2.01. The third-order valence-corrected chi connectivity index (χ3v) is 0.923. The molecule has 1 unspecified atom stereocenters. The van der Waals surface area contributed by atoms with Gasteiger partial charge in [0.05, 0.1) is 12.6 Å². The SMILES string of the molecule is COCCOC(=O)C#CC(C)N. The molecule has 68 valence electrons. The summed E-state index contributed by atoms with van der Waals surface area (Å²) in [5, 5.41) is 0. The zero-order valence-electron chi connectivity index (χ0n) is 7.29. The molecule has 0 aliphatic heterocycles. The molecule has 0 spiro atoms. The van der Waals surface area contributed by atoms with E-state index >= 15 is 0 Å². The van der Waals surface area contributed by atoms with Crippen molar-refractivity contribution in [2.75, 3.05) is 20.3 Å². The van der Waals surface area contributed by atoms with Crippen molar-refractivity contribution in [1.29, 1.82) is 0 Å². The Morgan fingerprint density at radius 1 is 1.58 bits per heavy atom. The van der Waals surface area contributed by atoms with Gasteiger partial charge in [-0.2, -0.15) is 0 Å². The molecular formula is C8H13NO3. The van der Waals surface area contributed by atoms with Gasteiger partial charge in [0.25, 0.3) is 0 Å². The van der Waals surface area contributed by atoms with Crippen molar-refractivity contribution in [3.05, 3.63) is 0 Å². The van der Waals surface area contributed by atoms with Crippen LogP contribution in [0.2, 0.25) is 0 Å². The summed E-state index contributed by atoms with van der Waals surface area (Å²) in [6.07, 6.45) is 0. The van der Waals surface area contributed by atoms with Gasteiger partial charge in [-0.15, -0.1) is 0 Å². The van der Waals surface area contributed by atoms with Crippen molar-refractivity contribution < 1.29 is 14.3 Å². The van der Waals surface area contributed by atoms with Gasteiger partial charge in [0.2, 0.25) is 0 Å². The topological polar surface area (TPSA) is 61.5 Å². The summed E-state index contributed by atoms with van der Waals surface area (Å²) in [4.78, 5) is 10.7. The maximum absolute atomic E-state index is 10.7. The second kappa shape index (κ2) is 6.65. The van der Waals surface area contributed by atoms with Crippen molar-refractivity contribution in [3.8, 4) is 11.8 Å². The van der Waals surface area contributed by atoms with E-state index < -0.39 is 5.97 Å². The number of carbonyl (C=O) groups is 1. The molecule has 0 aliphatic carbocycles. The number of rotatable bonds is 3. The van der Waals surface area contributed by atoms with Crippen LogP contribution in [-0.4, -0.2) is 32.3 Å². The van der Waals surface area contributed by atoms with Gasteiger partial charge in [-0.1, -0.05) is 5.92 Å². The van der Waals surface area contributed by atoms with Gasteiger partial charge in [-0.25, -0.2) is 4.79 Å². The molecule has 0 aromatic heterocycles. The first-order chi connectivity index (χ1) is 5.66. The van der Waals surface area contributed by atoms with Crippen LogP contribution in [0.25, 0.3) is 0 Å². The van der Waals surface area contributed by atoms with E-state index in [1.54, 1.807) is 6.92 Å². The summed E-state index contributed by atoms with van der Waals surface area (Å²) < 4.78 is 9.31. The Kier molecular flexibility index (Phi) is 6.07. The fraction of sp³-hybridized carbons (Fsp3) is 0.625. The molecule has 0 rings (SSSR count). The van der Waals surface area contributed by atoms with Crippen LogP contribution in [0, 0.1) is 11.8 Å². The summed E-state index contributed by atoms with van der Waals surface area (Å²) in [6.45, 7) is 2.30. The Balaban J connectivity index is 3.55. The summed E-state index contributed by atoms with van der Waals surface area (Å²) in [6, 6.07) is -0.306. The highest BCUT2D eigenvalue weighted by Gasteiger charge is 1.95. The van der Waals surface area contributed by atoms with E-state index in [1.807, 2.05) is 0 Å². The highest BCUT2D eigenvalue weighted by atomic mass is 16.6. The molecule has 0 radical (unpaired) electrons. The summed E-state index contributed by atoms with van der Waals surface area (Å²) in [5.74, 6) is 4.17. The first-order valence-corrected chi connectivity index (χ1v) is 3.59. The molecule has 0 aromatic rings. The van der Waals surface area contributed by atoms with E-state index in [1.165, 1.54) is 7.11 Å². The van der Waals surface area contributed by atoms with E-state index in [2.05, 4.69) is 21.3 Å². The van der Waals surface area contributed by atoms with Crippen LogP contribution in [-0.2, 0) is 14.3 Å². The van der Waals surface area contributed by atoms with Gasteiger partial charge < -0.3 is 15.2 Å². The largest absolute Gasteiger partial charge is 0.454 e. The van der Waals surface area contributed by atoms with Crippen molar-refractivity contribution >= 4 is 5.97 Å². The van der Waals surface area contributed by atoms with E-state index in [9.17, 15) is 4.79 Å². The van der Waals surface area contributed by atoms with Crippen LogP contribution in [0.1, 0.15) is 6.92 Å². The molecule has 12 heavy (non-hydrogen) atoms. The number of ether oxygens (including phenoxy) is 2. The van der Waals surface area contributed by atoms with E-state index in [0.29, 0.717) is 6.61 Å². The highest BCUT2D eigenvalue weighted by molar-refractivity contribution is 5.88. The highest BCUT2D eigenvalue weighted by Crippen LogP contribution is 1.77. The molecule has 0 amide bonds. The minimum Gasteiger partial charge on any atom is -0.454 e. The molecular weight excluding hydrogens is 158 g/mol. The van der Waals surface area contributed by atoms with Crippen molar-refractivity contribution in [2.24, 2.45) is 5.73 Å². The number of carbonyl (C=O) groups excluding carboxylic acids is 1. The van der Waals surface area contributed by atoms with Crippen LogP contribution in [0.4, 0.5) is 0 Å². The molecule has 1 atom stereocenters. The van der Waals surface area contributed by atoms with Crippen molar-refractivity contribution in [1.82, 2.24) is 0 Å². The van der Waals surface area contributed by atoms with Crippen LogP contribution in [0.3, 0.4) is 0 Å². The van der Waals surface area contributed by atoms with Gasteiger partial charge in [0.15, 0.2) is 0 Å². The third-order valence-electron chi connectivity index (χ3n) is 0.923. The van der Waals surface area contributed by atoms with Gasteiger partial charge >= 0.3 is 5.97 Å². The predicted molar refractivity (Wildman–Crippen MR) is 44.3 cm³/mol. The lowest BCUT2D eigenvalue weighted by atomic mass is 10.4. The molecule has 0 saturated carbocycles. The van der Waals surface area contributed by atoms with Crippen molar-refractivity contribution in [2.45, 2.75) is 13.0 Å². The second-order valence-corrected chi connectivity index (χ2v) is 2.19. The second-order valence-electron chi connectivity index (χ2n) is 2.19. The zero-order chi connectivity index (χ0) is 9.40. The van der Waals surface area contributed by atoms with E-state index in [0.717, 1.165) is 0 Å². The minimum atomic E-state index is -0.565. The van der Waals surface area contributed by atoms with Crippen LogP contribution < -0.4 is 5.73 Å². The lowest BCUT2D eigenvalue weighted by molar-refractivity contribution is -0.137. The maximum atomic E-state index is 10.7. The van der Waals surface area contributed by atoms with Gasteiger partial charge in [0, 0.05) is 13.0 Å². The van der Waals surface area contributed by atoms with Gasteiger partial charge in [0.1, 0.15) is 6.61 Å². The average molecular weight is 171 g/mol. The fourth-order valence-corrected chi connectivity index (χ4v) is 0.427. The first kappa shape index (κ1) is 11.0. The number of hydrogen-bond donors (Lipinski definition) is 1. The minimum absolute atomic E-state index is 0.225. The summed E-state index contributed by atoms with van der Waals surface area (Å²) in [7, 11) is 1.53. The molecule has 0 aromatic carbocycles. The smallest absolute Gasteiger partial charge is 0.384 e. The Bertz CT molecular complexity index is 190. The predicted octanol–water partition coefficient (Wildman–Crippen LogP) is -0.473. The third kappa shape index (κ3) is 7.06. The molecule has 4 nitrogen and oxygen atoms in total. The monoisotopic (exact) mass is 171 g/mol. The Morgan fingerprint density at radius 2 is 2.25 bits per heavy atom. The lowest BCUT2D eigenvalue weighted by Crippen LogP contribution is -2.13. The standard InChI is InChI=1S/C8H13NO3/c1-7(9)3-4-8(10)12-6-5-11-2/h7H,5-6,9H2,1-2H3. The van der Waals surface area contributed by atoms with Crippen LogP contribution >= 0.6 is 0 Å². The van der Waals surface area contributed by atoms with Gasteiger partial charge in [-0.05, 0) is 6.92 Å². The van der Waals surface area contributed by atoms with E-state index in [-0.39, 0.29) is 12.6 Å². The molecule has 2 N–H and O–H groups in total. The summed E-state index contributed by atoms with van der Waals surface area (Å²) in [5.41, 5.74) is 5.29. The lowest BCUT2D eigenvalue weighted by Gasteiger charge is -1.97. The number of esters is 1. The van der Waals surface area contributed by atoms with Gasteiger partial charge in [-0.3, -0.25) is 0 Å². The maximum Gasteiger partial charge on any atom is 0.384 e. The first-order valence-electron chi connectivity index (χ1n) is 3.59. The Morgan fingerprint density at radius 3 is 2.75 bits per heavy atom. The van der Waals surface area contributed by atoms with Crippen LogP contribution in [0.15, 0.2) is 0 Å². The molecule has 0 heterocycles. The normalized spacial score (nSPS) is 11.2. The molecule has 0 aliphatic rings. The molecule has 0 bridgehead atoms. The quantitative estimate of drug-likeness (QED) is 0.270. The molecule has 0 fully saturated rings. The molecule has 0 saturated heterocycles. The number of nitrogens with two attached hydrogens (primary N) is 1. The Labute approximate surface area is 72.0 Å². The summed E-state index contributed by atoms with van der Waals surface area (Å²) >= 11 is 0. The van der Waals surface area contributed by atoms with E-state index in [4.69, 9.17) is 5.73 Å². The van der Waals surface area contributed by atoms with Crippen molar-refractivity contribution in [3.63, 3.8) is 0 Å². The number of methoxy groups -OCH3 is 1. The Hall–Kier alpha value is -1.05.